The molecule has 19 heavy (non-hydrogen) atoms. The van der Waals surface area contributed by atoms with Crippen molar-refractivity contribution in [3.05, 3.63) is 0 Å². The van der Waals surface area contributed by atoms with E-state index in [0.29, 0.717) is 29.6 Å². The molecule has 1 saturated heterocycles. The van der Waals surface area contributed by atoms with E-state index in [-0.39, 0.29) is 0 Å². The van der Waals surface area contributed by atoms with Gasteiger partial charge in [0.05, 0.1) is 6.10 Å². The predicted octanol–water partition coefficient (Wildman–Crippen LogP) is 2.65. The first-order valence-corrected chi connectivity index (χ1v) is 8.06. The maximum absolute atomic E-state index is 5.86. The van der Waals surface area contributed by atoms with Gasteiger partial charge in [0.1, 0.15) is 0 Å². The molecule has 112 valence electrons. The standard InChI is InChI=1S/C16H32N2O/c1-6-19-15-10-14(16(15,4)5)18-9-7-8-13(11-18)17-12(2)3/h12-15,17H,6-11H2,1-5H3. The van der Waals surface area contributed by atoms with E-state index in [1.807, 2.05) is 0 Å². The zero-order chi connectivity index (χ0) is 14.0. The molecule has 0 amide bonds. The molecule has 3 atom stereocenters. The minimum absolute atomic E-state index is 0.315. The minimum Gasteiger partial charge on any atom is -0.378 e. The summed E-state index contributed by atoms with van der Waals surface area (Å²) in [4.78, 5) is 2.71. The number of piperidine rings is 1. The normalized spacial score (nSPS) is 35.4. The van der Waals surface area contributed by atoms with Crippen molar-refractivity contribution in [2.24, 2.45) is 5.41 Å². The summed E-state index contributed by atoms with van der Waals surface area (Å²) < 4.78 is 5.86. The Morgan fingerprint density at radius 2 is 2.11 bits per heavy atom. The second-order valence-corrected chi connectivity index (χ2v) is 7.17. The van der Waals surface area contributed by atoms with Crippen molar-refractivity contribution in [3.63, 3.8) is 0 Å². The number of nitrogens with one attached hydrogen (secondary N) is 1. The van der Waals surface area contributed by atoms with Gasteiger partial charge in [0.2, 0.25) is 0 Å². The van der Waals surface area contributed by atoms with Gasteiger partial charge in [-0.05, 0) is 32.7 Å². The van der Waals surface area contributed by atoms with Crippen molar-refractivity contribution in [1.82, 2.24) is 10.2 Å². The Hall–Kier alpha value is -0.120. The van der Waals surface area contributed by atoms with Gasteiger partial charge in [0.25, 0.3) is 0 Å². The van der Waals surface area contributed by atoms with Gasteiger partial charge < -0.3 is 10.1 Å². The van der Waals surface area contributed by atoms with Crippen molar-refractivity contribution in [3.8, 4) is 0 Å². The van der Waals surface area contributed by atoms with Crippen LogP contribution in [0, 0.1) is 5.41 Å². The summed E-state index contributed by atoms with van der Waals surface area (Å²) in [6.07, 6.45) is 4.34. The van der Waals surface area contributed by atoms with Gasteiger partial charge >= 0.3 is 0 Å². The summed E-state index contributed by atoms with van der Waals surface area (Å²) >= 11 is 0. The molecule has 0 aromatic carbocycles. The van der Waals surface area contributed by atoms with Gasteiger partial charge in [0, 0.05) is 36.7 Å². The first-order valence-electron chi connectivity index (χ1n) is 8.06. The molecule has 1 aliphatic carbocycles. The van der Waals surface area contributed by atoms with Crippen LogP contribution in [0.4, 0.5) is 0 Å². The first kappa shape index (κ1) is 15.3. The average molecular weight is 268 g/mol. The Labute approximate surface area is 119 Å². The predicted molar refractivity (Wildman–Crippen MR) is 80.5 cm³/mol. The van der Waals surface area contributed by atoms with Crippen molar-refractivity contribution >= 4 is 0 Å². The smallest absolute Gasteiger partial charge is 0.0655 e. The van der Waals surface area contributed by atoms with Crippen LogP contribution in [-0.4, -0.2) is 48.8 Å². The second-order valence-electron chi connectivity index (χ2n) is 7.17. The lowest BCUT2D eigenvalue weighted by atomic mass is 9.63. The summed E-state index contributed by atoms with van der Waals surface area (Å²) in [5.74, 6) is 0. The van der Waals surface area contributed by atoms with Crippen LogP contribution in [0.3, 0.4) is 0 Å². The van der Waals surface area contributed by atoms with Gasteiger partial charge in [-0.1, -0.05) is 27.7 Å². The molecule has 3 nitrogen and oxygen atoms in total. The third kappa shape index (κ3) is 3.32. The van der Waals surface area contributed by atoms with E-state index in [1.165, 1.54) is 32.4 Å². The Kier molecular flexibility index (Phi) is 4.91. The quantitative estimate of drug-likeness (QED) is 0.829. The Morgan fingerprint density at radius 3 is 2.68 bits per heavy atom. The maximum Gasteiger partial charge on any atom is 0.0655 e. The summed E-state index contributed by atoms with van der Waals surface area (Å²) in [5, 5.41) is 3.71. The monoisotopic (exact) mass is 268 g/mol. The molecule has 0 spiro atoms. The van der Waals surface area contributed by atoms with Crippen LogP contribution in [0.2, 0.25) is 0 Å². The highest BCUT2D eigenvalue weighted by Crippen LogP contribution is 2.46. The van der Waals surface area contributed by atoms with Crippen molar-refractivity contribution < 1.29 is 4.74 Å². The van der Waals surface area contributed by atoms with Crippen molar-refractivity contribution in [1.29, 1.82) is 0 Å². The van der Waals surface area contributed by atoms with E-state index in [9.17, 15) is 0 Å². The molecule has 1 saturated carbocycles. The van der Waals surface area contributed by atoms with Crippen LogP contribution in [0.15, 0.2) is 0 Å². The van der Waals surface area contributed by atoms with Crippen LogP contribution < -0.4 is 5.32 Å². The van der Waals surface area contributed by atoms with Gasteiger partial charge in [-0.2, -0.15) is 0 Å². The lowest BCUT2D eigenvalue weighted by molar-refractivity contribution is -0.154. The third-order valence-corrected chi connectivity index (χ3v) is 4.96. The molecule has 0 bridgehead atoms. The van der Waals surface area contributed by atoms with E-state index in [0.717, 1.165) is 6.61 Å². The molecule has 3 unspecified atom stereocenters. The van der Waals surface area contributed by atoms with Crippen LogP contribution in [0.5, 0.6) is 0 Å². The minimum atomic E-state index is 0.315. The highest BCUT2D eigenvalue weighted by atomic mass is 16.5. The van der Waals surface area contributed by atoms with Crippen molar-refractivity contribution in [2.75, 3.05) is 19.7 Å². The largest absolute Gasteiger partial charge is 0.378 e. The SMILES string of the molecule is CCOC1CC(N2CCCC(NC(C)C)C2)C1(C)C. The molecule has 3 heteroatoms. The Balaban J connectivity index is 1.88. The molecule has 2 aliphatic rings. The number of likely N-dealkylation sites (tertiary alicyclic amines) is 1. The molecule has 1 N–H and O–H groups in total. The third-order valence-electron chi connectivity index (χ3n) is 4.96. The molecular formula is C16H32N2O. The summed E-state index contributed by atoms with van der Waals surface area (Å²) in [6, 6.07) is 1.98. The fourth-order valence-electron chi connectivity index (χ4n) is 3.86. The number of ether oxygens (including phenoxy) is 1. The van der Waals surface area contributed by atoms with Gasteiger partial charge in [-0.3, -0.25) is 4.90 Å². The topological polar surface area (TPSA) is 24.5 Å². The molecule has 0 radical (unpaired) electrons. The Bertz CT molecular complexity index is 290. The molecule has 1 aliphatic heterocycles. The van der Waals surface area contributed by atoms with E-state index in [1.54, 1.807) is 0 Å². The second kappa shape index (κ2) is 6.11. The van der Waals surface area contributed by atoms with Gasteiger partial charge in [-0.25, -0.2) is 0 Å². The number of hydrogen-bond acceptors (Lipinski definition) is 3. The molecule has 1 heterocycles. The molecule has 2 fully saturated rings. The number of rotatable bonds is 5. The molecule has 2 rings (SSSR count). The highest BCUT2D eigenvalue weighted by molar-refractivity contribution is 5.05. The maximum atomic E-state index is 5.86. The van der Waals surface area contributed by atoms with Crippen molar-refractivity contribution in [2.45, 2.75) is 78.1 Å². The van der Waals surface area contributed by atoms with Crippen LogP contribution in [-0.2, 0) is 4.74 Å². The van der Waals surface area contributed by atoms with E-state index < -0.39 is 0 Å². The van der Waals surface area contributed by atoms with Crippen LogP contribution >= 0.6 is 0 Å². The molecule has 0 aromatic rings. The zero-order valence-electron chi connectivity index (χ0n) is 13.4. The Morgan fingerprint density at radius 1 is 1.37 bits per heavy atom. The summed E-state index contributed by atoms with van der Waals surface area (Å²) in [7, 11) is 0. The van der Waals surface area contributed by atoms with E-state index >= 15 is 0 Å². The van der Waals surface area contributed by atoms with Gasteiger partial charge in [-0.15, -0.1) is 0 Å². The summed E-state index contributed by atoms with van der Waals surface area (Å²) in [6.45, 7) is 14.7. The zero-order valence-corrected chi connectivity index (χ0v) is 13.4. The molecular weight excluding hydrogens is 236 g/mol. The molecule has 0 aromatic heterocycles. The lowest BCUT2D eigenvalue weighted by Crippen LogP contribution is -2.65. The van der Waals surface area contributed by atoms with Crippen LogP contribution in [0.1, 0.15) is 53.9 Å². The highest BCUT2D eigenvalue weighted by Gasteiger charge is 2.51. The fraction of sp³-hybridized carbons (Fsp3) is 1.00. The van der Waals surface area contributed by atoms with E-state index in [4.69, 9.17) is 4.74 Å². The summed E-state index contributed by atoms with van der Waals surface area (Å²) in [5.41, 5.74) is 0.315. The van der Waals surface area contributed by atoms with Gasteiger partial charge in [0.15, 0.2) is 0 Å². The van der Waals surface area contributed by atoms with Crippen LogP contribution in [0.25, 0.3) is 0 Å². The van der Waals surface area contributed by atoms with E-state index in [2.05, 4.69) is 44.8 Å². The number of nitrogens with zero attached hydrogens (tertiary/aromatic N) is 1. The first-order chi connectivity index (χ1) is 8.95. The number of hydrogen-bond donors (Lipinski definition) is 1. The average Bonchev–Trinajstić information content (AvgIpc) is 2.33. The lowest BCUT2D eigenvalue weighted by Gasteiger charge is -2.57. The fourth-order valence-corrected chi connectivity index (χ4v) is 3.86.